The third-order valence-corrected chi connectivity index (χ3v) is 3.22. The van der Waals surface area contributed by atoms with E-state index in [4.69, 9.17) is 0 Å². The minimum atomic E-state index is -0.542. The van der Waals surface area contributed by atoms with Gasteiger partial charge in [-0.2, -0.15) is 0 Å². The largest absolute Gasteiger partial charge is 0.872 e. The molecule has 28 heavy (non-hydrogen) atoms. The van der Waals surface area contributed by atoms with Crippen molar-refractivity contribution in [2.75, 3.05) is 41.3 Å². The maximum atomic E-state index is 10.4. The normalized spacial score (nSPS) is 9.79. The topological polar surface area (TPSA) is 141 Å². The van der Waals surface area contributed by atoms with Gasteiger partial charge in [-0.05, 0) is 0 Å². The Morgan fingerprint density at radius 3 is 1.07 bits per heavy atom. The molecule has 10 nitrogen and oxygen atoms in total. The Morgan fingerprint density at radius 2 is 0.893 bits per heavy atom. The van der Waals surface area contributed by atoms with E-state index in [1.54, 1.807) is 0 Å². The van der Waals surface area contributed by atoms with E-state index in [-0.39, 0.29) is 22.9 Å². The summed E-state index contributed by atoms with van der Waals surface area (Å²) in [5, 5.41) is 40.9. The molecule has 0 radical (unpaired) electrons. The van der Waals surface area contributed by atoms with Crippen molar-refractivity contribution in [1.29, 1.82) is 0 Å². The molecule has 2 aromatic rings. The summed E-state index contributed by atoms with van der Waals surface area (Å²) in [5.74, 6) is -0.434. The molecule has 0 fully saturated rings. The molecule has 0 aliphatic carbocycles. The molecule has 0 spiro atoms. The number of hydrogen-bond acceptors (Lipinski definition) is 6. The molecule has 0 atom stereocenters. The molecular weight excluding hydrogens is 368 g/mol. The number of nitro benzene ring substituents is 2. The molecule has 0 saturated carbocycles. The van der Waals surface area contributed by atoms with Crippen LogP contribution in [0.15, 0.2) is 48.5 Å². The number of likely N-dealkylation sites (N-methyl/N-ethyl adjacent to an activating group) is 2. The fourth-order valence-corrected chi connectivity index (χ4v) is 1.64. The summed E-state index contributed by atoms with van der Waals surface area (Å²) < 4.78 is 0. The van der Waals surface area contributed by atoms with Crippen molar-refractivity contribution in [3.05, 3.63) is 68.8 Å². The van der Waals surface area contributed by atoms with Crippen molar-refractivity contribution in [1.82, 2.24) is 0 Å². The first-order valence-corrected chi connectivity index (χ1v) is 8.44. The van der Waals surface area contributed by atoms with E-state index in [9.17, 15) is 30.4 Å². The van der Waals surface area contributed by atoms with E-state index < -0.39 is 9.85 Å². The van der Waals surface area contributed by atoms with Crippen LogP contribution in [0, 0.1) is 20.2 Å². The monoisotopic (exact) mass is 394 g/mol. The van der Waals surface area contributed by atoms with Gasteiger partial charge in [0.05, 0.1) is 38.0 Å². The van der Waals surface area contributed by atoms with E-state index in [1.807, 2.05) is 0 Å². The van der Waals surface area contributed by atoms with Gasteiger partial charge in [0.25, 0.3) is 11.4 Å². The predicted octanol–water partition coefficient (Wildman–Crippen LogP) is -1.39. The number of nitrogens with one attached hydrogen (secondary N) is 2. The summed E-state index contributed by atoms with van der Waals surface area (Å²) in [4.78, 5) is 22.0. The van der Waals surface area contributed by atoms with Crippen LogP contribution < -0.4 is 20.0 Å². The third kappa shape index (κ3) is 12.2. The lowest BCUT2D eigenvalue weighted by Crippen LogP contribution is -3.14. The van der Waals surface area contributed by atoms with Crippen molar-refractivity contribution in [3.8, 4) is 11.5 Å². The van der Waals surface area contributed by atoms with Crippen LogP contribution in [0.3, 0.4) is 0 Å². The summed E-state index contributed by atoms with van der Waals surface area (Å²) >= 11 is 0. The summed E-state index contributed by atoms with van der Waals surface area (Å²) in [7, 11) is 8.73. The highest BCUT2D eigenvalue weighted by atomic mass is 16.6. The quantitative estimate of drug-likeness (QED) is 0.472. The number of nitro groups is 2. The zero-order chi connectivity index (χ0) is 21.7. The molecule has 2 N–H and O–H groups in total. The molecule has 0 aromatic heterocycles. The van der Waals surface area contributed by atoms with Crippen LogP contribution in [0.4, 0.5) is 11.4 Å². The molecule has 0 unspecified atom stereocenters. The van der Waals surface area contributed by atoms with Crippen LogP contribution in [-0.4, -0.2) is 51.1 Å². The average molecular weight is 394 g/mol. The van der Waals surface area contributed by atoms with Gasteiger partial charge in [0.15, 0.2) is 0 Å². The number of quaternary nitrogens is 2. The summed E-state index contributed by atoms with van der Waals surface area (Å²) in [6.07, 6.45) is 0. The second-order valence-corrected chi connectivity index (χ2v) is 6.42. The van der Waals surface area contributed by atoms with Crippen LogP contribution in [0.2, 0.25) is 0 Å². The van der Waals surface area contributed by atoms with Crippen LogP contribution >= 0.6 is 0 Å². The summed E-state index contributed by atoms with van der Waals surface area (Å²) in [5.41, 5.74) is -0.112. The van der Waals surface area contributed by atoms with Gasteiger partial charge in [0.2, 0.25) is 0 Å². The predicted molar refractivity (Wildman–Crippen MR) is 100 cm³/mol. The fraction of sp³-hybridized carbons (Fsp3) is 0.333. The Bertz CT molecular complexity index is 654. The molecule has 0 aliphatic rings. The highest BCUT2D eigenvalue weighted by Gasteiger charge is 2.00. The number of hydrogen-bond donors (Lipinski definition) is 2. The molecule has 2 aromatic carbocycles. The minimum absolute atomic E-state index is 0.0559. The van der Waals surface area contributed by atoms with Gasteiger partial charge in [-0.1, -0.05) is 24.3 Å². The molecule has 2 rings (SSSR count). The standard InChI is InChI=1S/C6H16N2.2C6H5NO3/c1-7(2)5-6-8(3)4;2*8-6-3-1-5(2-4-6)7(9)10/h5-6H2,1-4H3;2*1-4,8H. The maximum Gasteiger partial charge on any atom is 0.269 e. The van der Waals surface area contributed by atoms with Crippen molar-refractivity contribution in [2.24, 2.45) is 0 Å². The maximum absolute atomic E-state index is 10.4. The van der Waals surface area contributed by atoms with Crippen molar-refractivity contribution >= 4 is 11.4 Å². The molecule has 0 bridgehead atoms. The molecule has 0 saturated heterocycles. The lowest BCUT2D eigenvalue weighted by molar-refractivity contribution is -0.918. The van der Waals surface area contributed by atoms with Crippen molar-refractivity contribution in [3.63, 3.8) is 0 Å². The zero-order valence-electron chi connectivity index (χ0n) is 16.4. The highest BCUT2D eigenvalue weighted by Crippen LogP contribution is 2.13. The van der Waals surface area contributed by atoms with Gasteiger partial charge >= 0.3 is 0 Å². The smallest absolute Gasteiger partial charge is 0.269 e. The Hall–Kier alpha value is -3.24. The zero-order valence-corrected chi connectivity index (χ0v) is 16.4. The van der Waals surface area contributed by atoms with Gasteiger partial charge in [-0.25, -0.2) is 0 Å². The Labute approximate surface area is 163 Å². The molecule has 10 heteroatoms. The lowest BCUT2D eigenvalue weighted by Gasteiger charge is -2.09. The van der Waals surface area contributed by atoms with Gasteiger partial charge in [0.1, 0.15) is 13.1 Å². The highest BCUT2D eigenvalue weighted by molar-refractivity contribution is 5.35. The minimum Gasteiger partial charge on any atom is -0.872 e. The van der Waals surface area contributed by atoms with Crippen LogP contribution in [0.5, 0.6) is 11.5 Å². The molecule has 0 amide bonds. The molecule has 0 aliphatic heterocycles. The number of benzene rings is 2. The second-order valence-electron chi connectivity index (χ2n) is 6.42. The van der Waals surface area contributed by atoms with Crippen LogP contribution in [0.25, 0.3) is 0 Å². The summed E-state index contributed by atoms with van der Waals surface area (Å²) in [6.45, 7) is 2.53. The third-order valence-electron chi connectivity index (χ3n) is 3.22. The SMILES string of the molecule is C[NH+](C)CC[NH+](C)C.O=[N+]([O-])c1ccc([O-])cc1.O=[N+]([O-])c1ccc([O-])cc1. The van der Waals surface area contributed by atoms with Gasteiger partial charge in [-0.3, -0.25) is 20.2 Å². The first-order chi connectivity index (χ1) is 13.0. The fourth-order valence-electron chi connectivity index (χ4n) is 1.64. The van der Waals surface area contributed by atoms with Gasteiger partial charge in [-0.15, -0.1) is 11.5 Å². The number of rotatable bonds is 5. The van der Waals surface area contributed by atoms with E-state index in [1.165, 1.54) is 47.2 Å². The van der Waals surface area contributed by atoms with E-state index in [0.29, 0.717) is 0 Å². The van der Waals surface area contributed by atoms with Crippen molar-refractivity contribution < 1.29 is 29.9 Å². The molecule has 0 heterocycles. The van der Waals surface area contributed by atoms with Gasteiger partial charge < -0.3 is 20.0 Å². The van der Waals surface area contributed by atoms with E-state index in [2.05, 4.69) is 28.2 Å². The Morgan fingerprint density at radius 1 is 0.643 bits per heavy atom. The van der Waals surface area contributed by atoms with Crippen LogP contribution in [0.1, 0.15) is 0 Å². The first kappa shape index (κ1) is 24.8. The van der Waals surface area contributed by atoms with Crippen molar-refractivity contribution in [2.45, 2.75) is 0 Å². The van der Waals surface area contributed by atoms with E-state index in [0.717, 1.165) is 24.3 Å². The van der Waals surface area contributed by atoms with Gasteiger partial charge in [0, 0.05) is 24.3 Å². The Kier molecular flexibility index (Phi) is 11.5. The number of nitrogens with zero attached hydrogens (tertiary/aromatic N) is 2. The molecular formula is C18H26N4O6. The molecule has 154 valence electrons. The Balaban J connectivity index is 0.000000394. The van der Waals surface area contributed by atoms with Crippen LogP contribution in [-0.2, 0) is 0 Å². The second kappa shape index (κ2) is 13.0. The lowest BCUT2D eigenvalue weighted by atomic mass is 10.3. The number of non-ortho nitro benzene ring substituents is 2. The average Bonchev–Trinajstić information content (AvgIpc) is 2.62. The summed E-state index contributed by atoms with van der Waals surface area (Å²) in [6, 6.07) is 9.39. The van der Waals surface area contributed by atoms with E-state index >= 15 is 0 Å². The first-order valence-electron chi connectivity index (χ1n) is 8.44.